The Morgan fingerprint density at radius 3 is 3.10 bits per heavy atom. The van der Waals surface area contributed by atoms with Crippen LogP contribution in [-0.4, -0.2) is 16.0 Å². The highest BCUT2D eigenvalue weighted by Crippen LogP contribution is 2.26. The number of aromatic nitrogens is 2. The lowest BCUT2D eigenvalue weighted by atomic mass is 10.1. The number of hydrogen-bond donors (Lipinski definition) is 2. The van der Waals surface area contributed by atoms with Gasteiger partial charge in [0.25, 0.3) is 5.70 Å². The van der Waals surface area contributed by atoms with Crippen molar-refractivity contribution in [1.29, 1.82) is 5.26 Å². The van der Waals surface area contributed by atoms with Crippen LogP contribution in [0.25, 0.3) is 15.9 Å². The number of aromatic amines is 1. The minimum atomic E-state index is 0.113. The molecule has 2 aromatic rings. The third kappa shape index (κ3) is 2.78. The van der Waals surface area contributed by atoms with E-state index in [1.807, 2.05) is 18.3 Å². The Labute approximate surface area is 117 Å². The molecule has 0 saturated heterocycles. The van der Waals surface area contributed by atoms with Gasteiger partial charge in [-0.3, -0.25) is 0 Å². The zero-order valence-corrected chi connectivity index (χ0v) is 11.4. The lowest BCUT2D eigenvalue weighted by Crippen LogP contribution is -2.10. The molecular formula is C15H15N5. The van der Waals surface area contributed by atoms with Crippen molar-refractivity contribution < 1.29 is 0 Å². The predicted octanol–water partition coefficient (Wildman–Crippen LogP) is 3.25. The maximum Gasteiger partial charge on any atom is 0.258 e. The number of fused-ring (bicyclic) bond motifs is 1. The Kier molecular flexibility index (Phi) is 4.02. The van der Waals surface area contributed by atoms with Crippen molar-refractivity contribution in [2.45, 2.75) is 26.3 Å². The number of hydrogen-bond acceptors (Lipinski definition) is 3. The van der Waals surface area contributed by atoms with Crippen molar-refractivity contribution in [3.63, 3.8) is 0 Å². The molecule has 5 nitrogen and oxygen atoms in total. The highest BCUT2D eigenvalue weighted by molar-refractivity contribution is 5.92. The quantitative estimate of drug-likeness (QED) is 0.658. The lowest BCUT2D eigenvalue weighted by molar-refractivity contribution is 0.901. The summed E-state index contributed by atoms with van der Waals surface area (Å²) in [5.41, 5.74) is 2.95. The number of nitriles is 1. The van der Waals surface area contributed by atoms with Crippen LogP contribution in [0.2, 0.25) is 0 Å². The molecule has 0 bridgehead atoms. The molecule has 0 amide bonds. The molecule has 0 atom stereocenters. The average Bonchev–Trinajstić information content (AvgIpc) is 2.84. The van der Waals surface area contributed by atoms with E-state index in [1.165, 1.54) is 0 Å². The molecule has 2 aromatic heterocycles. The SMILES string of the molecule is [C-]#[N+]/C(C#N)=C\Cc1c[nH]c2nccc(NC(C)C)c12. The average molecular weight is 265 g/mol. The fraction of sp³-hybridized carbons (Fsp3) is 0.267. The first-order valence-electron chi connectivity index (χ1n) is 6.35. The molecule has 2 rings (SSSR count). The Morgan fingerprint density at radius 2 is 2.45 bits per heavy atom. The fourth-order valence-corrected chi connectivity index (χ4v) is 2.04. The van der Waals surface area contributed by atoms with Crippen LogP contribution in [0, 0.1) is 17.9 Å². The molecule has 0 aliphatic rings. The van der Waals surface area contributed by atoms with Gasteiger partial charge in [0.15, 0.2) is 0 Å². The number of nitrogens with zero attached hydrogens (tertiary/aromatic N) is 3. The van der Waals surface area contributed by atoms with E-state index in [4.69, 9.17) is 11.8 Å². The van der Waals surface area contributed by atoms with E-state index < -0.39 is 0 Å². The number of anilines is 1. The fourth-order valence-electron chi connectivity index (χ4n) is 2.04. The Balaban J connectivity index is 2.43. The van der Waals surface area contributed by atoms with Crippen molar-refractivity contribution in [3.8, 4) is 6.07 Å². The van der Waals surface area contributed by atoms with Crippen LogP contribution >= 0.6 is 0 Å². The molecule has 100 valence electrons. The molecule has 0 spiro atoms. The third-order valence-corrected chi connectivity index (χ3v) is 2.85. The zero-order valence-electron chi connectivity index (χ0n) is 11.4. The second-order valence-corrected chi connectivity index (χ2v) is 4.71. The van der Waals surface area contributed by atoms with Gasteiger partial charge in [-0.1, -0.05) is 6.08 Å². The molecule has 0 aliphatic carbocycles. The highest BCUT2D eigenvalue weighted by Gasteiger charge is 2.09. The second-order valence-electron chi connectivity index (χ2n) is 4.71. The van der Waals surface area contributed by atoms with Gasteiger partial charge in [0, 0.05) is 29.5 Å². The monoisotopic (exact) mass is 265 g/mol. The van der Waals surface area contributed by atoms with E-state index in [9.17, 15) is 0 Å². The highest BCUT2D eigenvalue weighted by atomic mass is 14.9. The second kappa shape index (κ2) is 5.90. The molecule has 0 fully saturated rings. The maximum atomic E-state index is 8.78. The van der Waals surface area contributed by atoms with Gasteiger partial charge in [0.2, 0.25) is 0 Å². The van der Waals surface area contributed by atoms with E-state index in [2.05, 4.69) is 34.0 Å². The first-order chi connectivity index (χ1) is 9.65. The topological polar surface area (TPSA) is 68.9 Å². The van der Waals surface area contributed by atoms with Crippen LogP contribution in [0.3, 0.4) is 0 Å². The summed E-state index contributed by atoms with van der Waals surface area (Å²) in [7, 11) is 0. The molecule has 0 aromatic carbocycles. The number of rotatable bonds is 4. The third-order valence-electron chi connectivity index (χ3n) is 2.85. The van der Waals surface area contributed by atoms with E-state index in [0.29, 0.717) is 12.5 Å². The molecule has 5 heteroatoms. The zero-order chi connectivity index (χ0) is 14.5. The molecule has 2 N–H and O–H groups in total. The van der Waals surface area contributed by atoms with Crippen molar-refractivity contribution in [2.75, 3.05) is 5.32 Å². The van der Waals surface area contributed by atoms with Crippen LogP contribution < -0.4 is 5.32 Å². The van der Waals surface area contributed by atoms with Crippen LogP contribution in [-0.2, 0) is 6.42 Å². The Morgan fingerprint density at radius 1 is 1.65 bits per heavy atom. The van der Waals surface area contributed by atoms with E-state index in [1.54, 1.807) is 12.3 Å². The van der Waals surface area contributed by atoms with Gasteiger partial charge in [-0.05, 0) is 31.9 Å². The summed E-state index contributed by atoms with van der Waals surface area (Å²) in [6.45, 7) is 11.0. The normalized spacial score (nSPS) is 11.3. The summed E-state index contributed by atoms with van der Waals surface area (Å²) in [5.74, 6) is 0. The van der Waals surface area contributed by atoms with Gasteiger partial charge in [-0.2, -0.15) is 0 Å². The standard InChI is InChI=1S/C15H15N5/c1-10(2)20-13-6-7-18-15-14(13)11(9-19-15)4-5-12(8-16)17-3/h5-7,9-10H,4H2,1-2H3,(H2,18,19,20)/b12-5-. The van der Waals surface area contributed by atoms with Crippen molar-refractivity contribution >= 4 is 16.7 Å². The van der Waals surface area contributed by atoms with Crippen molar-refractivity contribution in [2.24, 2.45) is 0 Å². The maximum absolute atomic E-state index is 8.78. The number of nitrogens with one attached hydrogen (secondary N) is 2. The molecule has 0 aliphatic heterocycles. The molecule has 0 unspecified atom stereocenters. The molecular weight excluding hydrogens is 250 g/mol. The summed E-state index contributed by atoms with van der Waals surface area (Å²) in [6.07, 6.45) is 5.80. The molecule has 0 radical (unpaired) electrons. The summed E-state index contributed by atoms with van der Waals surface area (Å²) in [6, 6.07) is 4.13. The van der Waals surface area contributed by atoms with Crippen molar-refractivity contribution in [1.82, 2.24) is 9.97 Å². The van der Waals surface area contributed by atoms with E-state index >= 15 is 0 Å². The Hall–Kier alpha value is -2.79. The summed E-state index contributed by atoms with van der Waals surface area (Å²) >= 11 is 0. The van der Waals surface area contributed by atoms with Crippen molar-refractivity contribution in [3.05, 3.63) is 47.2 Å². The van der Waals surface area contributed by atoms with Gasteiger partial charge in [0.05, 0.1) is 12.6 Å². The number of pyridine rings is 1. The van der Waals surface area contributed by atoms with Crippen LogP contribution in [0.15, 0.2) is 30.2 Å². The van der Waals surface area contributed by atoms with Crippen LogP contribution in [0.1, 0.15) is 19.4 Å². The van der Waals surface area contributed by atoms with Gasteiger partial charge in [0.1, 0.15) is 5.65 Å². The smallest absolute Gasteiger partial charge is 0.258 e. The van der Waals surface area contributed by atoms with Gasteiger partial charge in [-0.25, -0.2) is 15.1 Å². The molecule has 20 heavy (non-hydrogen) atoms. The number of H-pyrrole nitrogens is 1. The summed E-state index contributed by atoms with van der Waals surface area (Å²) < 4.78 is 0. The first-order valence-corrected chi connectivity index (χ1v) is 6.35. The lowest BCUT2D eigenvalue weighted by Gasteiger charge is -2.11. The number of allylic oxidation sites excluding steroid dienone is 2. The van der Waals surface area contributed by atoms with Gasteiger partial charge in [-0.15, -0.1) is 0 Å². The first kappa shape index (κ1) is 13.6. The Bertz CT molecular complexity index is 709. The van der Waals surface area contributed by atoms with E-state index in [0.717, 1.165) is 22.3 Å². The largest absolute Gasteiger partial charge is 0.382 e. The molecule has 0 saturated carbocycles. The predicted molar refractivity (Wildman–Crippen MR) is 78.9 cm³/mol. The molecule has 2 heterocycles. The minimum absolute atomic E-state index is 0.113. The van der Waals surface area contributed by atoms with Crippen LogP contribution in [0.4, 0.5) is 5.69 Å². The summed E-state index contributed by atoms with van der Waals surface area (Å²) in [4.78, 5) is 10.6. The van der Waals surface area contributed by atoms with Gasteiger partial charge < -0.3 is 10.3 Å². The summed E-state index contributed by atoms with van der Waals surface area (Å²) in [5, 5.41) is 13.2. The van der Waals surface area contributed by atoms with Gasteiger partial charge >= 0.3 is 0 Å². The minimum Gasteiger partial charge on any atom is -0.382 e. The van der Waals surface area contributed by atoms with Crippen LogP contribution in [0.5, 0.6) is 0 Å². The van der Waals surface area contributed by atoms with E-state index in [-0.39, 0.29) is 5.70 Å².